The van der Waals surface area contributed by atoms with Gasteiger partial charge in [-0.2, -0.15) is 4.80 Å². The Hall–Kier alpha value is -1.18. The number of rotatable bonds is 2. The summed E-state index contributed by atoms with van der Waals surface area (Å²) in [7, 11) is 1.75. The third-order valence-electron chi connectivity index (χ3n) is 1.74. The second kappa shape index (κ2) is 3.91. The van der Waals surface area contributed by atoms with Crippen LogP contribution in [0.2, 0.25) is 0 Å². The topological polar surface area (TPSA) is 55.6 Å². The van der Waals surface area contributed by atoms with Gasteiger partial charge in [0.1, 0.15) is 0 Å². The number of anilines is 1. The second-order valence-electron chi connectivity index (χ2n) is 2.78. The highest BCUT2D eigenvalue weighted by atomic mass is 127. The monoisotopic (exact) mass is 301 g/mol. The van der Waals surface area contributed by atoms with E-state index < -0.39 is 0 Å². The minimum Gasteiger partial charge on any atom is -0.328 e. The first-order chi connectivity index (χ1) is 6.79. The Labute approximate surface area is 95.0 Å². The quantitative estimate of drug-likeness (QED) is 0.677. The summed E-state index contributed by atoms with van der Waals surface area (Å²) in [4.78, 5) is 1.44. The van der Waals surface area contributed by atoms with Gasteiger partial charge in [0.15, 0.2) is 0 Å². The van der Waals surface area contributed by atoms with Gasteiger partial charge in [-0.3, -0.25) is 0 Å². The molecule has 72 valence electrons. The van der Waals surface area contributed by atoms with Crippen molar-refractivity contribution >= 4 is 28.6 Å². The zero-order chi connectivity index (χ0) is 9.97. The Morgan fingerprint density at radius 3 is 2.93 bits per heavy atom. The molecule has 0 aliphatic carbocycles. The summed E-state index contributed by atoms with van der Waals surface area (Å²) in [5.41, 5.74) is 1.98. The number of tetrazole rings is 1. The number of aromatic nitrogens is 4. The van der Waals surface area contributed by atoms with E-state index in [-0.39, 0.29) is 0 Å². The van der Waals surface area contributed by atoms with Crippen molar-refractivity contribution in [3.63, 3.8) is 0 Å². The van der Waals surface area contributed by atoms with Crippen LogP contribution in [0.15, 0.2) is 24.3 Å². The Morgan fingerprint density at radius 1 is 1.43 bits per heavy atom. The van der Waals surface area contributed by atoms with Gasteiger partial charge in [0, 0.05) is 11.3 Å². The van der Waals surface area contributed by atoms with Crippen LogP contribution in [-0.4, -0.2) is 20.2 Å². The molecule has 1 aromatic heterocycles. The number of nitrogens with zero attached hydrogens (tertiary/aromatic N) is 4. The molecule has 0 bridgehead atoms. The fourth-order valence-electron chi connectivity index (χ4n) is 1.12. The maximum atomic E-state index is 4.12. The number of benzene rings is 1. The van der Waals surface area contributed by atoms with Crippen molar-refractivity contribution in [2.75, 3.05) is 3.53 Å². The Balaban J connectivity index is 2.41. The third kappa shape index (κ3) is 1.84. The summed E-state index contributed by atoms with van der Waals surface area (Å²) >= 11 is 2.08. The van der Waals surface area contributed by atoms with Crippen molar-refractivity contribution in [3.05, 3.63) is 24.3 Å². The molecule has 5 nitrogen and oxygen atoms in total. The van der Waals surface area contributed by atoms with Crippen molar-refractivity contribution < 1.29 is 0 Å². The van der Waals surface area contributed by atoms with E-state index >= 15 is 0 Å². The third-order valence-corrected chi connectivity index (χ3v) is 2.36. The first-order valence-electron chi connectivity index (χ1n) is 4.00. The number of halogens is 1. The summed E-state index contributed by atoms with van der Waals surface area (Å²) in [6, 6.07) is 7.86. The Morgan fingerprint density at radius 2 is 2.29 bits per heavy atom. The SMILES string of the molecule is Cn1nnc(-c2cccc(NI)c2)n1. The minimum atomic E-state index is 0.640. The number of aryl methyl sites for hydroxylation is 1. The molecule has 0 aliphatic rings. The summed E-state index contributed by atoms with van der Waals surface area (Å²) in [6.45, 7) is 0. The molecule has 0 aliphatic heterocycles. The fraction of sp³-hybridized carbons (Fsp3) is 0.125. The lowest BCUT2D eigenvalue weighted by atomic mass is 10.2. The van der Waals surface area contributed by atoms with Crippen molar-refractivity contribution in [2.24, 2.45) is 7.05 Å². The van der Waals surface area contributed by atoms with Crippen molar-refractivity contribution in [2.45, 2.75) is 0 Å². The molecule has 0 unspecified atom stereocenters. The van der Waals surface area contributed by atoms with E-state index in [1.54, 1.807) is 7.05 Å². The van der Waals surface area contributed by atoms with Gasteiger partial charge < -0.3 is 3.53 Å². The van der Waals surface area contributed by atoms with Gasteiger partial charge in [-0.05, 0) is 17.3 Å². The van der Waals surface area contributed by atoms with Crippen molar-refractivity contribution in [3.8, 4) is 11.4 Å². The minimum absolute atomic E-state index is 0.640. The molecule has 14 heavy (non-hydrogen) atoms. The number of hydrogen-bond acceptors (Lipinski definition) is 4. The van der Waals surface area contributed by atoms with Crippen LogP contribution in [-0.2, 0) is 7.05 Å². The van der Waals surface area contributed by atoms with Gasteiger partial charge in [0.25, 0.3) is 0 Å². The van der Waals surface area contributed by atoms with Crippen molar-refractivity contribution in [1.82, 2.24) is 20.2 Å². The molecule has 6 heteroatoms. The molecule has 0 saturated heterocycles. The summed E-state index contributed by atoms with van der Waals surface area (Å²) in [5.74, 6) is 0.640. The van der Waals surface area contributed by atoms with Crippen LogP contribution >= 0.6 is 22.9 Å². The van der Waals surface area contributed by atoms with E-state index in [2.05, 4.69) is 41.8 Å². The van der Waals surface area contributed by atoms with Gasteiger partial charge in [-0.15, -0.1) is 10.2 Å². The maximum absolute atomic E-state index is 4.12. The average molecular weight is 301 g/mol. The van der Waals surface area contributed by atoms with Crippen LogP contribution in [0.1, 0.15) is 0 Å². The average Bonchev–Trinajstić information content (AvgIpc) is 2.65. The molecule has 2 rings (SSSR count). The van der Waals surface area contributed by atoms with E-state index in [4.69, 9.17) is 0 Å². The van der Waals surface area contributed by atoms with Gasteiger partial charge in [-0.1, -0.05) is 12.1 Å². The second-order valence-corrected chi connectivity index (χ2v) is 3.32. The van der Waals surface area contributed by atoms with Gasteiger partial charge in [0.05, 0.1) is 29.9 Å². The molecule has 0 amide bonds. The molecule has 1 N–H and O–H groups in total. The molecule has 2 aromatic rings. The molecule has 1 heterocycles. The van der Waals surface area contributed by atoms with Crippen LogP contribution in [0, 0.1) is 0 Å². The van der Waals surface area contributed by atoms with Gasteiger partial charge in [0.2, 0.25) is 5.82 Å². The van der Waals surface area contributed by atoms with E-state index in [9.17, 15) is 0 Å². The Kier molecular flexibility index (Phi) is 2.62. The van der Waals surface area contributed by atoms with Crippen molar-refractivity contribution in [1.29, 1.82) is 0 Å². The molecular formula is C8H8IN5. The predicted molar refractivity (Wildman–Crippen MR) is 61.9 cm³/mol. The standard InChI is InChI=1S/C8H8IN5/c1-14-12-8(11-13-14)6-3-2-4-7(5-6)10-9/h2-5,10H,1H3. The summed E-state index contributed by atoms with van der Waals surface area (Å²) in [5, 5.41) is 11.8. The van der Waals surface area contributed by atoms with Gasteiger partial charge >= 0.3 is 0 Å². The summed E-state index contributed by atoms with van der Waals surface area (Å²) in [6.07, 6.45) is 0. The zero-order valence-electron chi connectivity index (χ0n) is 7.48. The van der Waals surface area contributed by atoms with Gasteiger partial charge in [-0.25, -0.2) is 0 Å². The first kappa shape index (κ1) is 9.38. The van der Waals surface area contributed by atoms with E-state index in [1.807, 2.05) is 24.3 Å². The highest BCUT2D eigenvalue weighted by Crippen LogP contribution is 2.19. The Bertz CT molecular complexity index is 439. The summed E-state index contributed by atoms with van der Waals surface area (Å²) < 4.78 is 3.03. The van der Waals surface area contributed by atoms with Crippen LogP contribution < -0.4 is 3.53 Å². The lowest BCUT2D eigenvalue weighted by Gasteiger charge is -1.98. The maximum Gasteiger partial charge on any atom is 0.204 e. The molecule has 0 atom stereocenters. The fourth-order valence-corrected chi connectivity index (χ4v) is 1.45. The molecular weight excluding hydrogens is 293 g/mol. The lowest BCUT2D eigenvalue weighted by Crippen LogP contribution is -1.91. The molecule has 0 radical (unpaired) electrons. The molecule has 0 fully saturated rings. The molecule has 0 spiro atoms. The largest absolute Gasteiger partial charge is 0.328 e. The highest BCUT2D eigenvalue weighted by Gasteiger charge is 2.03. The first-order valence-corrected chi connectivity index (χ1v) is 5.08. The van der Waals surface area contributed by atoms with E-state index in [1.165, 1.54) is 4.80 Å². The van der Waals surface area contributed by atoms with Crippen LogP contribution in [0.5, 0.6) is 0 Å². The van der Waals surface area contributed by atoms with Crippen LogP contribution in [0.4, 0.5) is 5.69 Å². The highest BCUT2D eigenvalue weighted by molar-refractivity contribution is 14.1. The smallest absolute Gasteiger partial charge is 0.204 e. The van der Waals surface area contributed by atoms with E-state index in [0.717, 1.165) is 11.3 Å². The number of hydrogen-bond donors (Lipinski definition) is 1. The van der Waals surface area contributed by atoms with E-state index in [0.29, 0.717) is 5.82 Å². The zero-order valence-corrected chi connectivity index (χ0v) is 9.63. The lowest BCUT2D eigenvalue weighted by molar-refractivity contribution is 0.630. The predicted octanol–water partition coefficient (Wildman–Crippen LogP) is 1.64. The normalized spacial score (nSPS) is 10.1. The number of nitrogens with one attached hydrogen (secondary N) is 1. The molecule has 1 aromatic carbocycles. The van der Waals surface area contributed by atoms with Crippen LogP contribution in [0.25, 0.3) is 11.4 Å². The molecule has 0 saturated carbocycles. The van der Waals surface area contributed by atoms with Crippen LogP contribution in [0.3, 0.4) is 0 Å².